The smallest absolute Gasteiger partial charge is 0.262 e. The van der Waals surface area contributed by atoms with Crippen LogP contribution in [0.2, 0.25) is 0 Å². The second-order valence-electron chi connectivity index (χ2n) is 6.73. The Morgan fingerprint density at radius 2 is 1.70 bits per heavy atom. The van der Waals surface area contributed by atoms with Gasteiger partial charge in [0.25, 0.3) is 10.0 Å². The number of rotatable bonds is 5. The minimum Gasteiger partial charge on any atom is -0.306 e. The Morgan fingerprint density at radius 3 is 2.33 bits per heavy atom. The van der Waals surface area contributed by atoms with Gasteiger partial charge in [-0.15, -0.1) is 0 Å². The van der Waals surface area contributed by atoms with Crippen LogP contribution in [-0.2, 0) is 10.0 Å². The third-order valence-electron chi connectivity index (χ3n) is 4.64. The summed E-state index contributed by atoms with van der Waals surface area (Å²) in [6.45, 7) is 1.68. The summed E-state index contributed by atoms with van der Waals surface area (Å²) in [4.78, 5) is 14.3. The van der Waals surface area contributed by atoms with Crippen LogP contribution in [0.3, 0.4) is 0 Å². The van der Waals surface area contributed by atoms with Crippen molar-refractivity contribution < 1.29 is 22.0 Å². The first-order valence-electron chi connectivity index (χ1n) is 8.56. The minimum atomic E-state index is -4.18. The van der Waals surface area contributed by atoms with Crippen LogP contribution in [0.4, 0.5) is 14.5 Å². The van der Waals surface area contributed by atoms with E-state index in [-0.39, 0.29) is 17.4 Å². The lowest BCUT2D eigenvalue weighted by Gasteiger charge is -2.28. The highest BCUT2D eigenvalue weighted by atomic mass is 32.2. The second-order valence-corrected chi connectivity index (χ2v) is 8.42. The predicted octanol–water partition coefficient (Wildman–Crippen LogP) is 3.29. The number of hydrogen-bond acceptors (Lipinski definition) is 4. The van der Waals surface area contributed by atoms with Crippen molar-refractivity contribution in [1.82, 2.24) is 4.90 Å². The fourth-order valence-electron chi connectivity index (χ4n) is 3.14. The number of hydrogen-bond donors (Lipinski definition) is 1. The van der Waals surface area contributed by atoms with Crippen molar-refractivity contribution in [3.05, 3.63) is 59.7 Å². The average Bonchev–Trinajstić information content (AvgIpc) is 2.61. The van der Waals surface area contributed by atoms with Crippen LogP contribution in [0.15, 0.2) is 47.4 Å². The van der Waals surface area contributed by atoms with Crippen LogP contribution >= 0.6 is 0 Å². The monoisotopic (exact) mass is 394 g/mol. The summed E-state index contributed by atoms with van der Waals surface area (Å²) in [6.07, 6.45) is 1.52. The molecule has 0 bridgehead atoms. The third kappa shape index (κ3) is 4.70. The summed E-state index contributed by atoms with van der Waals surface area (Å²) in [5.41, 5.74) is 0.577. The number of halogens is 2. The highest BCUT2D eigenvalue weighted by Gasteiger charge is 2.25. The molecular weight excluding hydrogens is 374 g/mol. The molecule has 0 amide bonds. The first-order chi connectivity index (χ1) is 12.7. The maximum atomic E-state index is 13.3. The van der Waals surface area contributed by atoms with E-state index < -0.39 is 26.6 Å². The number of nitrogens with zero attached hydrogens (tertiary/aromatic N) is 1. The van der Waals surface area contributed by atoms with Crippen molar-refractivity contribution in [2.45, 2.75) is 17.7 Å². The quantitative estimate of drug-likeness (QED) is 0.791. The Hall–Kier alpha value is -2.32. The molecule has 0 aliphatic carbocycles. The number of nitrogens with one attached hydrogen (secondary N) is 1. The van der Waals surface area contributed by atoms with E-state index >= 15 is 0 Å². The number of piperidine rings is 1. The number of likely N-dealkylation sites (tertiary alicyclic amines) is 1. The van der Waals surface area contributed by atoms with Crippen LogP contribution in [0, 0.1) is 17.6 Å². The van der Waals surface area contributed by atoms with Crippen molar-refractivity contribution in [3.63, 3.8) is 0 Å². The van der Waals surface area contributed by atoms with Gasteiger partial charge >= 0.3 is 0 Å². The molecule has 1 aliphatic rings. The van der Waals surface area contributed by atoms with Crippen molar-refractivity contribution in [2.24, 2.45) is 5.92 Å². The van der Waals surface area contributed by atoms with Gasteiger partial charge in [-0.05, 0) is 57.2 Å². The molecule has 1 fully saturated rings. The van der Waals surface area contributed by atoms with E-state index in [0.717, 1.165) is 38.1 Å². The number of carbonyl (C=O) groups is 1. The molecule has 1 aliphatic heterocycles. The van der Waals surface area contributed by atoms with E-state index in [1.165, 1.54) is 12.1 Å². The lowest BCUT2D eigenvalue weighted by atomic mass is 9.89. The molecule has 27 heavy (non-hydrogen) atoms. The summed E-state index contributed by atoms with van der Waals surface area (Å²) < 4.78 is 53.7. The zero-order valence-electron chi connectivity index (χ0n) is 14.8. The van der Waals surface area contributed by atoms with E-state index in [9.17, 15) is 22.0 Å². The molecule has 0 aromatic heterocycles. The molecule has 1 heterocycles. The molecule has 2 aromatic carbocycles. The van der Waals surface area contributed by atoms with Crippen LogP contribution in [0.5, 0.6) is 0 Å². The fourth-order valence-corrected chi connectivity index (χ4v) is 4.23. The molecule has 144 valence electrons. The van der Waals surface area contributed by atoms with Crippen LogP contribution < -0.4 is 4.72 Å². The number of Topliss-reactive ketones (excluding diaryl/α,β-unsaturated/α-hetero) is 1. The Bertz CT molecular complexity index is 935. The summed E-state index contributed by atoms with van der Waals surface area (Å²) in [5, 5.41) is 0. The standard InChI is InChI=1S/C19H20F2N2O3S/c1-23-7-5-13(6-8-23)19(24)14-3-2-4-17(9-14)22-27(25,26)18-11-15(20)10-16(21)12-18/h2-4,9-13,22H,5-8H2,1H3. The van der Waals surface area contributed by atoms with Gasteiger partial charge in [-0.3, -0.25) is 9.52 Å². The zero-order chi connectivity index (χ0) is 19.6. The molecule has 0 saturated carbocycles. The lowest BCUT2D eigenvalue weighted by molar-refractivity contribution is 0.0857. The summed E-state index contributed by atoms with van der Waals surface area (Å²) in [6, 6.07) is 8.22. The van der Waals surface area contributed by atoms with Crippen molar-refractivity contribution >= 4 is 21.5 Å². The van der Waals surface area contributed by atoms with Gasteiger partial charge in [-0.25, -0.2) is 17.2 Å². The Balaban J connectivity index is 1.80. The van der Waals surface area contributed by atoms with Gasteiger partial charge in [0.05, 0.1) is 4.90 Å². The largest absolute Gasteiger partial charge is 0.306 e. The maximum Gasteiger partial charge on any atom is 0.262 e. The van der Waals surface area contributed by atoms with Crippen LogP contribution in [0.1, 0.15) is 23.2 Å². The maximum absolute atomic E-state index is 13.3. The van der Waals surface area contributed by atoms with E-state index in [4.69, 9.17) is 0 Å². The highest BCUT2D eigenvalue weighted by molar-refractivity contribution is 7.92. The van der Waals surface area contributed by atoms with Crippen LogP contribution in [-0.4, -0.2) is 39.2 Å². The molecule has 2 aromatic rings. The minimum absolute atomic E-state index is 0.0269. The molecule has 3 rings (SSSR count). The molecule has 1 N–H and O–H groups in total. The third-order valence-corrected chi connectivity index (χ3v) is 6.00. The Labute approximate surface area is 157 Å². The van der Waals surface area contributed by atoms with Gasteiger partial charge in [0.1, 0.15) is 11.6 Å². The van der Waals surface area contributed by atoms with Gasteiger partial charge in [-0.2, -0.15) is 0 Å². The molecule has 0 atom stereocenters. The lowest BCUT2D eigenvalue weighted by Crippen LogP contribution is -2.33. The predicted molar refractivity (Wildman–Crippen MR) is 98.2 cm³/mol. The van der Waals surface area contributed by atoms with Crippen molar-refractivity contribution in [2.75, 3.05) is 24.9 Å². The van der Waals surface area contributed by atoms with Gasteiger partial charge in [0.2, 0.25) is 0 Å². The van der Waals surface area contributed by atoms with Gasteiger partial charge in [0.15, 0.2) is 5.78 Å². The van der Waals surface area contributed by atoms with E-state index in [1.54, 1.807) is 12.1 Å². The Morgan fingerprint density at radius 1 is 1.07 bits per heavy atom. The fraction of sp³-hybridized carbons (Fsp3) is 0.316. The van der Waals surface area contributed by atoms with Crippen molar-refractivity contribution in [3.8, 4) is 0 Å². The molecular formula is C19H20F2N2O3S. The molecule has 0 unspecified atom stereocenters. The number of carbonyl (C=O) groups excluding carboxylic acids is 1. The average molecular weight is 394 g/mol. The Kier molecular flexibility index (Phi) is 5.57. The summed E-state index contributed by atoms with van der Waals surface area (Å²) in [5.74, 6) is -2.09. The van der Waals surface area contributed by atoms with E-state index in [0.29, 0.717) is 11.6 Å². The van der Waals surface area contributed by atoms with Gasteiger partial charge in [0, 0.05) is 23.2 Å². The van der Waals surface area contributed by atoms with E-state index in [1.807, 2.05) is 7.05 Å². The topological polar surface area (TPSA) is 66.5 Å². The van der Waals surface area contributed by atoms with Gasteiger partial charge < -0.3 is 4.90 Å². The molecule has 5 nitrogen and oxygen atoms in total. The SMILES string of the molecule is CN1CCC(C(=O)c2cccc(NS(=O)(=O)c3cc(F)cc(F)c3)c2)CC1. The normalized spacial score (nSPS) is 16.3. The first kappa shape index (κ1) is 19.4. The second kappa shape index (κ2) is 7.74. The highest BCUT2D eigenvalue weighted by Crippen LogP contribution is 2.24. The zero-order valence-corrected chi connectivity index (χ0v) is 15.6. The van der Waals surface area contributed by atoms with E-state index in [2.05, 4.69) is 9.62 Å². The first-order valence-corrected chi connectivity index (χ1v) is 10.0. The number of sulfonamides is 1. The molecule has 0 radical (unpaired) electrons. The summed E-state index contributed by atoms with van der Waals surface area (Å²) in [7, 11) is -2.18. The van der Waals surface area contributed by atoms with Crippen LogP contribution in [0.25, 0.3) is 0 Å². The summed E-state index contributed by atoms with van der Waals surface area (Å²) >= 11 is 0. The molecule has 0 spiro atoms. The molecule has 8 heteroatoms. The van der Waals surface area contributed by atoms with Crippen molar-refractivity contribution in [1.29, 1.82) is 0 Å². The number of ketones is 1. The molecule has 1 saturated heterocycles. The number of benzene rings is 2. The van der Waals surface area contributed by atoms with Gasteiger partial charge in [-0.1, -0.05) is 12.1 Å². The number of anilines is 1.